The summed E-state index contributed by atoms with van der Waals surface area (Å²) in [4.78, 5) is 2.49. The highest BCUT2D eigenvalue weighted by molar-refractivity contribution is 5.48. The van der Waals surface area contributed by atoms with Crippen molar-refractivity contribution in [2.24, 2.45) is 0 Å². The van der Waals surface area contributed by atoms with Gasteiger partial charge in [0.1, 0.15) is 6.04 Å². The van der Waals surface area contributed by atoms with Crippen LogP contribution in [0.5, 0.6) is 0 Å². The molecule has 3 N–H and O–H groups in total. The van der Waals surface area contributed by atoms with Gasteiger partial charge in [0.2, 0.25) is 0 Å². The van der Waals surface area contributed by atoms with Crippen LogP contribution in [0.3, 0.4) is 0 Å². The molecule has 2 heteroatoms. The molecule has 15 heavy (non-hydrogen) atoms. The van der Waals surface area contributed by atoms with Gasteiger partial charge in [0.05, 0.1) is 0 Å². The first-order valence-corrected chi connectivity index (χ1v) is 5.95. The molecule has 1 aliphatic rings. The van der Waals surface area contributed by atoms with Crippen molar-refractivity contribution in [1.29, 1.82) is 0 Å². The Labute approximate surface area is 92.1 Å². The first-order valence-electron chi connectivity index (χ1n) is 5.95. The Morgan fingerprint density at radius 3 is 2.20 bits per heavy atom. The van der Waals surface area contributed by atoms with E-state index in [2.05, 4.69) is 41.8 Å². The first kappa shape index (κ1) is 10.5. The maximum atomic E-state index is 4.04. The van der Waals surface area contributed by atoms with Gasteiger partial charge in [-0.3, -0.25) is 0 Å². The zero-order valence-electron chi connectivity index (χ0n) is 9.58. The molecule has 1 heterocycles. The highest BCUT2D eigenvalue weighted by atomic mass is 15.1. The molecule has 0 unspecified atom stereocenters. The van der Waals surface area contributed by atoms with Gasteiger partial charge in [0.15, 0.2) is 0 Å². The van der Waals surface area contributed by atoms with Crippen LogP contribution in [0.2, 0.25) is 0 Å². The molecule has 0 radical (unpaired) electrons. The van der Waals surface area contributed by atoms with E-state index in [1.165, 1.54) is 43.6 Å². The molecule has 0 spiro atoms. The van der Waals surface area contributed by atoms with Gasteiger partial charge in [0, 0.05) is 24.3 Å². The molecule has 0 aromatic heterocycles. The topological polar surface area (TPSA) is 30.9 Å². The predicted molar refractivity (Wildman–Crippen MR) is 63.8 cm³/mol. The van der Waals surface area contributed by atoms with Crippen LogP contribution in [0.1, 0.15) is 37.8 Å². The average molecular weight is 205 g/mol. The van der Waals surface area contributed by atoms with Crippen molar-refractivity contribution in [2.75, 3.05) is 18.0 Å². The van der Waals surface area contributed by atoms with Gasteiger partial charge < -0.3 is 10.6 Å². The van der Waals surface area contributed by atoms with Crippen molar-refractivity contribution in [1.82, 2.24) is 0 Å². The van der Waals surface area contributed by atoms with Crippen LogP contribution >= 0.6 is 0 Å². The predicted octanol–water partition coefficient (Wildman–Crippen LogP) is 1.98. The number of quaternary nitrogens is 1. The number of piperidine rings is 1. The minimum absolute atomic E-state index is 0.389. The van der Waals surface area contributed by atoms with Crippen LogP contribution < -0.4 is 10.6 Å². The molecule has 2 rings (SSSR count). The zero-order chi connectivity index (χ0) is 10.7. The highest BCUT2D eigenvalue weighted by Crippen LogP contribution is 2.21. The Kier molecular flexibility index (Phi) is 3.27. The number of benzene rings is 1. The summed E-state index contributed by atoms with van der Waals surface area (Å²) >= 11 is 0. The molecule has 1 saturated heterocycles. The van der Waals surface area contributed by atoms with Gasteiger partial charge in [-0.1, -0.05) is 12.1 Å². The lowest BCUT2D eigenvalue weighted by Gasteiger charge is -2.28. The molecule has 0 aliphatic carbocycles. The van der Waals surface area contributed by atoms with E-state index in [1.807, 2.05) is 0 Å². The summed E-state index contributed by atoms with van der Waals surface area (Å²) in [5.74, 6) is 0. The Bertz CT molecular complexity index is 297. The third kappa shape index (κ3) is 2.51. The molecular formula is C13H21N2+. The lowest BCUT2D eigenvalue weighted by atomic mass is 10.1. The van der Waals surface area contributed by atoms with E-state index in [-0.39, 0.29) is 0 Å². The molecule has 0 amide bonds. The third-order valence-corrected chi connectivity index (χ3v) is 3.18. The normalized spacial score (nSPS) is 18.9. The second kappa shape index (κ2) is 4.67. The quantitative estimate of drug-likeness (QED) is 0.786. The van der Waals surface area contributed by atoms with Crippen molar-refractivity contribution in [2.45, 2.75) is 32.2 Å². The van der Waals surface area contributed by atoms with Crippen molar-refractivity contribution in [3.05, 3.63) is 29.8 Å². The molecular weight excluding hydrogens is 184 g/mol. The van der Waals surface area contributed by atoms with Crippen LogP contribution in [0.15, 0.2) is 24.3 Å². The summed E-state index contributed by atoms with van der Waals surface area (Å²) in [6, 6.07) is 9.29. The lowest BCUT2D eigenvalue weighted by molar-refractivity contribution is -0.420. The molecule has 0 saturated carbocycles. The fourth-order valence-electron chi connectivity index (χ4n) is 2.17. The van der Waals surface area contributed by atoms with Crippen LogP contribution in [0, 0.1) is 0 Å². The van der Waals surface area contributed by atoms with Crippen molar-refractivity contribution in [3.63, 3.8) is 0 Å². The standard InChI is InChI=1S/C13H20N2/c1-11(14)12-5-7-13(8-6-12)15-9-3-2-4-10-15/h5-8,11H,2-4,9-10,14H2,1H3/p+1/t11-/m0/s1. The maximum absolute atomic E-state index is 4.04. The van der Waals surface area contributed by atoms with Gasteiger partial charge in [-0.2, -0.15) is 0 Å². The number of hydrogen-bond donors (Lipinski definition) is 1. The smallest absolute Gasteiger partial charge is 0.107 e. The molecule has 1 aromatic carbocycles. The molecule has 1 atom stereocenters. The molecule has 1 aromatic rings. The van der Waals surface area contributed by atoms with E-state index in [9.17, 15) is 0 Å². The largest absolute Gasteiger partial charge is 0.372 e. The van der Waals surface area contributed by atoms with E-state index in [1.54, 1.807) is 0 Å². The van der Waals surface area contributed by atoms with Gasteiger partial charge in [0.25, 0.3) is 0 Å². The van der Waals surface area contributed by atoms with E-state index in [0.29, 0.717) is 6.04 Å². The molecule has 2 nitrogen and oxygen atoms in total. The van der Waals surface area contributed by atoms with Crippen LogP contribution in [-0.2, 0) is 0 Å². The monoisotopic (exact) mass is 205 g/mol. The molecule has 1 aliphatic heterocycles. The van der Waals surface area contributed by atoms with E-state index in [4.69, 9.17) is 0 Å². The van der Waals surface area contributed by atoms with Gasteiger partial charge in [-0.15, -0.1) is 0 Å². The van der Waals surface area contributed by atoms with Gasteiger partial charge in [-0.05, 0) is 38.3 Å². The van der Waals surface area contributed by atoms with Crippen molar-refractivity contribution < 1.29 is 5.73 Å². The zero-order valence-corrected chi connectivity index (χ0v) is 9.58. The fraction of sp³-hybridized carbons (Fsp3) is 0.538. The molecule has 82 valence electrons. The van der Waals surface area contributed by atoms with Crippen molar-refractivity contribution in [3.8, 4) is 0 Å². The lowest BCUT2D eigenvalue weighted by Crippen LogP contribution is -2.51. The summed E-state index contributed by atoms with van der Waals surface area (Å²) in [7, 11) is 0. The van der Waals surface area contributed by atoms with E-state index < -0.39 is 0 Å². The molecule has 1 fully saturated rings. The number of anilines is 1. The third-order valence-electron chi connectivity index (χ3n) is 3.18. The maximum Gasteiger partial charge on any atom is 0.107 e. The van der Waals surface area contributed by atoms with E-state index in [0.717, 1.165) is 0 Å². The SMILES string of the molecule is C[C@H]([NH3+])c1ccc(N2CCCCC2)cc1. The van der Waals surface area contributed by atoms with E-state index >= 15 is 0 Å². The summed E-state index contributed by atoms with van der Waals surface area (Å²) in [6.07, 6.45) is 4.07. The number of hydrogen-bond acceptors (Lipinski definition) is 1. The first-order chi connectivity index (χ1) is 7.27. The summed E-state index contributed by atoms with van der Waals surface area (Å²) in [6.45, 7) is 4.58. The Morgan fingerprint density at radius 1 is 1.07 bits per heavy atom. The van der Waals surface area contributed by atoms with Gasteiger partial charge in [-0.25, -0.2) is 0 Å². The second-order valence-corrected chi connectivity index (χ2v) is 4.54. The van der Waals surface area contributed by atoms with Crippen LogP contribution in [-0.4, -0.2) is 13.1 Å². The van der Waals surface area contributed by atoms with Gasteiger partial charge >= 0.3 is 0 Å². The Hall–Kier alpha value is -1.02. The summed E-state index contributed by atoms with van der Waals surface area (Å²) < 4.78 is 0. The minimum atomic E-state index is 0.389. The second-order valence-electron chi connectivity index (χ2n) is 4.54. The average Bonchev–Trinajstić information content (AvgIpc) is 2.30. The highest BCUT2D eigenvalue weighted by Gasteiger charge is 2.11. The van der Waals surface area contributed by atoms with Crippen LogP contribution in [0.4, 0.5) is 5.69 Å². The minimum Gasteiger partial charge on any atom is -0.372 e. The Balaban J connectivity index is 2.08. The fourth-order valence-corrected chi connectivity index (χ4v) is 2.17. The van der Waals surface area contributed by atoms with Crippen molar-refractivity contribution >= 4 is 5.69 Å². The van der Waals surface area contributed by atoms with Crippen LogP contribution in [0.25, 0.3) is 0 Å². The number of nitrogens with zero attached hydrogens (tertiary/aromatic N) is 1. The number of rotatable bonds is 2. The Morgan fingerprint density at radius 2 is 1.67 bits per heavy atom. The summed E-state index contributed by atoms with van der Waals surface area (Å²) in [5, 5.41) is 0. The molecule has 0 bridgehead atoms. The summed E-state index contributed by atoms with van der Waals surface area (Å²) in [5.41, 5.74) is 6.74.